The lowest BCUT2D eigenvalue weighted by Crippen LogP contribution is -2.42. The maximum absolute atomic E-state index is 13.8. The summed E-state index contributed by atoms with van der Waals surface area (Å²) in [5, 5.41) is 4.00. The molecule has 0 radical (unpaired) electrons. The number of amides is 1. The van der Waals surface area contributed by atoms with Crippen molar-refractivity contribution in [1.29, 1.82) is 0 Å². The van der Waals surface area contributed by atoms with Gasteiger partial charge in [0.05, 0.1) is 35.7 Å². The molecule has 0 saturated carbocycles. The molecular formula is C30H33N5O6S. The standard InChI is InChI=1S/C30H33N5O6S/c1-5-40-26-18-17-23(19-27(26)41-6-2)20-31-32-28(36)21-34(42(38,39)25-15-11-8-12-16-25)29-22(3)33(4)35(30(29)37)24-13-9-7-10-14-24/h7-20H,5-6,21H2,1-4H3,(H,32,36)/b31-20-. The topological polar surface area (TPSA) is 124 Å². The van der Waals surface area contributed by atoms with E-state index in [0.29, 0.717) is 41.7 Å². The first kappa shape index (κ1) is 30.1. The molecule has 0 unspecified atom stereocenters. The van der Waals surface area contributed by atoms with Crippen molar-refractivity contribution in [3.63, 3.8) is 0 Å². The van der Waals surface area contributed by atoms with Crippen molar-refractivity contribution in [2.24, 2.45) is 12.1 Å². The van der Waals surface area contributed by atoms with Gasteiger partial charge >= 0.3 is 0 Å². The summed E-state index contributed by atoms with van der Waals surface area (Å²) in [6.45, 7) is 5.58. The van der Waals surface area contributed by atoms with Gasteiger partial charge in [-0.2, -0.15) is 5.10 Å². The van der Waals surface area contributed by atoms with E-state index in [1.807, 2.05) is 19.9 Å². The van der Waals surface area contributed by atoms with E-state index in [0.717, 1.165) is 4.31 Å². The third kappa shape index (κ3) is 6.39. The Bertz CT molecular complexity index is 1730. The van der Waals surface area contributed by atoms with E-state index >= 15 is 0 Å². The van der Waals surface area contributed by atoms with Crippen molar-refractivity contribution in [3.8, 4) is 17.2 Å². The Balaban J connectivity index is 1.67. The van der Waals surface area contributed by atoms with Crippen molar-refractivity contribution < 1.29 is 22.7 Å². The number of aromatic nitrogens is 2. The van der Waals surface area contributed by atoms with E-state index in [4.69, 9.17) is 9.47 Å². The van der Waals surface area contributed by atoms with Gasteiger partial charge in [0.15, 0.2) is 11.5 Å². The van der Waals surface area contributed by atoms with Gasteiger partial charge in [-0.1, -0.05) is 36.4 Å². The quantitative estimate of drug-likeness (QED) is 0.198. The second-order valence-corrected chi connectivity index (χ2v) is 11.0. The van der Waals surface area contributed by atoms with Crippen LogP contribution in [0.2, 0.25) is 0 Å². The van der Waals surface area contributed by atoms with Crippen LogP contribution in [0.1, 0.15) is 25.1 Å². The molecule has 42 heavy (non-hydrogen) atoms. The molecule has 4 aromatic rings. The zero-order valence-corrected chi connectivity index (χ0v) is 24.7. The Labute approximate surface area is 244 Å². The molecule has 0 atom stereocenters. The molecule has 1 N–H and O–H groups in total. The summed E-state index contributed by atoms with van der Waals surface area (Å²) >= 11 is 0. The number of hydrazone groups is 1. The monoisotopic (exact) mass is 591 g/mol. The van der Waals surface area contributed by atoms with Crippen LogP contribution in [-0.2, 0) is 21.9 Å². The molecule has 3 aromatic carbocycles. The zero-order chi connectivity index (χ0) is 30.3. The lowest BCUT2D eigenvalue weighted by molar-refractivity contribution is -0.119. The predicted octanol–water partition coefficient (Wildman–Crippen LogP) is 3.63. The van der Waals surface area contributed by atoms with Crippen LogP contribution in [-0.4, -0.2) is 49.7 Å². The highest BCUT2D eigenvalue weighted by molar-refractivity contribution is 7.92. The van der Waals surface area contributed by atoms with E-state index in [2.05, 4.69) is 10.5 Å². The number of carbonyl (C=O) groups excluding carboxylic acids is 1. The Kier molecular flexibility index (Phi) is 9.48. The number of hydrogen-bond donors (Lipinski definition) is 1. The number of benzene rings is 3. The van der Waals surface area contributed by atoms with Gasteiger partial charge in [0.2, 0.25) is 0 Å². The summed E-state index contributed by atoms with van der Waals surface area (Å²) < 4.78 is 42.6. The summed E-state index contributed by atoms with van der Waals surface area (Å²) in [5.41, 5.74) is 3.18. The maximum atomic E-state index is 13.8. The minimum atomic E-state index is -4.32. The summed E-state index contributed by atoms with van der Waals surface area (Å²) in [4.78, 5) is 26.8. The van der Waals surface area contributed by atoms with Crippen LogP contribution >= 0.6 is 0 Å². The SMILES string of the molecule is CCOc1ccc(/C=N\NC(=O)CN(c2c(C)n(C)n(-c3ccccc3)c2=O)S(=O)(=O)c2ccccc2)cc1OCC. The van der Waals surface area contributed by atoms with Gasteiger partial charge < -0.3 is 9.47 Å². The first-order valence-corrected chi connectivity index (χ1v) is 14.8. The first-order chi connectivity index (χ1) is 20.2. The summed E-state index contributed by atoms with van der Waals surface area (Å²) in [7, 11) is -2.66. The number of rotatable bonds is 12. The molecule has 0 aliphatic heterocycles. The van der Waals surface area contributed by atoms with Crippen LogP contribution in [0.25, 0.3) is 5.69 Å². The van der Waals surface area contributed by atoms with E-state index in [9.17, 15) is 18.0 Å². The molecule has 0 fully saturated rings. The minimum absolute atomic E-state index is 0.0620. The van der Waals surface area contributed by atoms with Gasteiger partial charge in [0, 0.05) is 7.05 Å². The highest BCUT2D eigenvalue weighted by Gasteiger charge is 2.33. The summed E-state index contributed by atoms with van der Waals surface area (Å²) in [6.07, 6.45) is 1.41. The van der Waals surface area contributed by atoms with Crippen LogP contribution in [0.15, 0.2) is 93.7 Å². The molecule has 1 heterocycles. The number of para-hydroxylation sites is 1. The third-order valence-electron chi connectivity index (χ3n) is 6.36. The molecule has 0 bridgehead atoms. The van der Waals surface area contributed by atoms with Crippen LogP contribution < -0.4 is 24.8 Å². The number of nitrogens with one attached hydrogen (secondary N) is 1. The number of anilines is 1. The predicted molar refractivity (Wildman–Crippen MR) is 161 cm³/mol. The lowest BCUT2D eigenvalue weighted by Gasteiger charge is -2.22. The van der Waals surface area contributed by atoms with E-state index in [1.54, 1.807) is 79.3 Å². The fraction of sp³-hybridized carbons (Fsp3) is 0.233. The zero-order valence-electron chi connectivity index (χ0n) is 23.9. The summed E-state index contributed by atoms with van der Waals surface area (Å²) in [6, 6.07) is 21.7. The van der Waals surface area contributed by atoms with Gasteiger partial charge in [-0.25, -0.2) is 22.8 Å². The molecule has 11 nitrogen and oxygen atoms in total. The number of carbonyl (C=O) groups is 1. The normalized spacial score (nSPS) is 11.4. The average molecular weight is 592 g/mol. The highest BCUT2D eigenvalue weighted by atomic mass is 32.2. The largest absolute Gasteiger partial charge is 0.490 e. The molecule has 0 aliphatic rings. The van der Waals surface area contributed by atoms with E-state index in [-0.39, 0.29) is 10.6 Å². The minimum Gasteiger partial charge on any atom is -0.490 e. The van der Waals surface area contributed by atoms with E-state index < -0.39 is 28.0 Å². The molecule has 0 spiro atoms. The Morgan fingerprint density at radius 1 is 0.952 bits per heavy atom. The highest BCUT2D eigenvalue weighted by Crippen LogP contribution is 2.28. The van der Waals surface area contributed by atoms with Crippen LogP contribution in [0.5, 0.6) is 11.5 Å². The van der Waals surface area contributed by atoms with Crippen molar-refractivity contribution in [2.75, 3.05) is 24.1 Å². The third-order valence-corrected chi connectivity index (χ3v) is 8.12. The fourth-order valence-electron chi connectivity index (χ4n) is 4.34. The molecular weight excluding hydrogens is 558 g/mol. The van der Waals surface area contributed by atoms with Gasteiger partial charge in [-0.05, 0) is 68.8 Å². The van der Waals surface area contributed by atoms with Crippen molar-refractivity contribution in [2.45, 2.75) is 25.7 Å². The fourth-order valence-corrected chi connectivity index (χ4v) is 5.83. The van der Waals surface area contributed by atoms with Gasteiger partial charge in [-0.15, -0.1) is 0 Å². The van der Waals surface area contributed by atoms with Crippen molar-refractivity contribution in [3.05, 3.63) is 100 Å². The molecule has 4 rings (SSSR count). The molecule has 0 aliphatic carbocycles. The second-order valence-electron chi connectivity index (χ2n) is 9.10. The molecule has 0 saturated heterocycles. The lowest BCUT2D eigenvalue weighted by atomic mass is 10.2. The Morgan fingerprint density at radius 3 is 2.21 bits per heavy atom. The number of sulfonamides is 1. The Hall–Kier alpha value is -4.84. The van der Waals surface area contributed by atoms with Gasteiger partial charge in [0.25, 0.3) is 21.5 Å². The van der Waals surface area contributed by atoms with Crippen molar-refractivity contribution in [1.82, 2.24) is 14.8 Å². The van der Waals surface area contributed by atoms with E-state index in [1.165, 1.54) is 23.0 Å². The van der Waals surface area contributed by atoms with Crippen LogP contribution in [0.3, 0.4) is 0 Å². The Morgan fingerprint density at radius 2 is 1.57 bits per heavy atom. The maximum Gasteiger partial charge on any atom is 0.296 e. The summed E-state index contributed by atoms with van der Waals surface area (Å²) in [5.74, 6) is 0.376. The van der Waals surface area contributed by atoms with Crippen molar-refractivity contribution >= 4 is 27.8 Å². The number of ether oxygens (including phenoxy) is 2. The second kappa shape index (κ2) is 13.2. The average Bonchev–Trinajstić information content (AvgIpc) is 3.21. The number of hydrogen-bond acceptors (Lipinski definition) is 7. The molecule has 12 heteroatoms. The number of nitrogens with zero attached hydrogens (tertiary/aromatic N) is 4. The van der Waals surface area contributed by atoms with Crippen LogP contribution in [0.4, 0.5) is 5.69 Å². The first-order valence-electron chi connectivity index (χ1n) is 13.3. The van der Waals surface area contributed by atoms with Crippen LogP contribution in [0, 0.1) is 6.92 Å². The van der Waals surface area contributed by atoms with Gasteiger partial charge in [-0.3, -0.25) is 14.3 Å². The molecule has 220 valence electrons. The molecule has 1 amide bonds. The molecule has 1 aromatic heterocycles. The van der Waals surface area contributed by atoms with Gasteiger partial charge in [0.1, 0.15) is 12.2 Å². The smallest absolute Gasteiger partial charge is 0.296 e.